The zero-order chi connectivity index (χ0) is 20.1. The van der Waals surface area contributed by atoms with Crippen LogP contribution in [0, 0.1) is 12.7 Å². The molecule has 0 saturated carbocycles. The number of hydrazine groups is 1. The summed E-state index contributed by atoms with van der Waals surface area (Å²) in [6.07, 6.45) is -0.914. The molecule has 1 heterocycles. The predicted molar refractivity (Wildman–Crippen MR) is 98.8 cm³/mol. The molecule has 0 unspecified atom stereocenters. The van der Waals surface area contributed by atoms with Crippen molar-refractivity contribution >= 4 is 11.8 Å². The van der Waals surface area contributed by atoms with Gasteiger partial charge in [0.05, 0.1) is 0 Å². The highest BCUT2D eigenvalue weighted by atomic mass is 19.1. The summed E-state index contributed by atoms with van der Waals surface area (Å²) in [6, 6.07) is 14.3. The topological polar surface area (TPSA) is 93.5 Å². The molecule has 28 heavy (non-hydrogen) atoms. The lowest BCUT2D eigenvalue weighted by Gasteiger charge is -2.15. The van der Waals surface area contributed by atoms with E-state index < -0.39 is 23.7 Å². The van der Waals surface area contributed by atoms with Crippen molar-refractivity contribution in [2.24, 2.45) is 0 Å². The molecule has 3 rings (SSSR count). The van der Waals surface area contributed by atoms with Crippen LogP contribution in [0.2, 0.25) is 0 Å². The fraction of sp³-hybridized carbons (Fsp3) is 0.150. The van der Waals surface area contributed by atoms with E-state index in [0.717, 1.165) is 0 Å². The molecule has 8 heteroatoms. The molecule has 0 bridgehead atoms. The number of ether oxygens (including phenoxy) is 1. The molecule has 3 aromatic rings. The maximum Gasteiger partial charge on any atom is 0.279 e. The zero-order valence-electron chi connectivity index (χ0n) is 15.2. The summed E-state index contributed by atoms with van der Waals surface area (Å²) in [4.78, 5) is 24.7. The Morgan fingerprint density at radius 1 is 1.07 bits per heavy atom. The molecule has 7 nitrogen and oxygen atoms in total. The van der Waals surface area contributed by atoms with Crippen LogP contribution in [-0.2, 0) is 4.79 Å². The van der Waals surface area contributed by atoms with Gasteiger partial charge in [-0.05, 0) is 38.1 Å². The first-order valence-corrected chi connectivity index (χ1v) is 8.50. The van der Waals surface area contributed by atoms with Gasteiger partial charge in [-0.2, -0.15) is 0 Å². The molecule has 0 aliphatic heterocycles. The van der Waals surface area contributed by atoms with Crippen LogP contribution >= 0.6 is 0 Å². The second kappa shape index (κ2) is 8.34. The summed E-state index contributed by atoms with van der Waals surface area (Å²) in [6.45, 7) is 3.11. The van der Waals surface area contributed by atoms with Crippen molar-refractivity contribution in [2.75, 3.05) is 0 Å². The number of benzene rings is 2. The largest absolute Gasteiger partial charge is 0.481 e. The van der Waals surface area contributed by atoms with Gasteiger partial charge in [-0.3, -0.25) is 20.4 Å². The molecule has 2 amide bonds. The summed E-state index contributed by atoms with van der Waals surface area (Å²) in [5, 5.41) is 3.93. The summed E-state index contributed by atoms with van der Waals surface area (Å²) >= 11 is 0. The quantitative estimate of drug-likeness (QED) is 0.661. The van der Waals surface area contributed by atoms with Crippen molar-refractivity contribution in [1.29, 1.82) is 0 Å². The van der Waals surface area contributed by atoms with Gasteiger partial charge >= 0.3 is 0 Å². The molecule has 0 aliphatic carbocycles. The molecule has 0 saturated heterocycles. The Kier molecular flexibility index (Phi) is 5.69. The van der Waals surface area contributed by atoms with Crippen LogP contribution in [0.15, 0.2) is 59.1 Å². The molecular weight excluding hydrogens is 365 g/mol. The van der Waals surface area contributed by atoms with E-state index in [1.807, 2.05) is 18.2 Å². The van der Waals surface area contributed by atoms with Crippen molar-refractivity contribution in [1.82, 2.24) is 16.0 Å². The van der Waals surface area contributed by atoms with Crippen LogP contribution in [0.3, 0.4) is 0 Å². The normalized spacial score (nSPS) is 11.5. The lowest BCUT2D eigenvalue weighted by molar-refractivity contribution is -0.128. The standard InChI is InChI=1S/C20H18FN3O4/c1-12-17(18(24-28-12)14-6-4-3-5-7-14)20(26)23-22-19(25)13(2)27-16-10-8-15(21)9-11-16/h3-11,13H,1-2H3,(H,22,25)(H,23,26)/t13-/m1/s1. The average molecular weight is 383 g/mol. The maximum atomic E-state index is 12.9. The SMILES string of the molecule is Cc1onc(-c2ccccc2)c1C(=O)NNC(=O)[C@@H](C)Oc1ccc(F)cc1. The van der Waals surface area contributed by atoms with Crippen LogP contribution in [0.1, 0.15) is 23.0 Å². The number of hydrogen-bond donors (Lipinski definition) is 2. The number of halogens is 1. The predicted octanol–water partition coefficient (Wildman–Crippen LogP) is 3.02. The zero-order valence-corrected chi connectivity index (χ0v) is 15.2. The molecule has 0 spiro atoms. The molecule has 0 fully saturated rings. The Labute approximate surface area is 160 Å². The van der Waals surface area contributed by atoms with Crippen LogP contribution in [0.4, 0.5) is 4.39 Å². The van der Waals surface area contributed by atoms with Crippen molar-refractivity contribution in [2.45, 2.75) is 20.0 Å². The van der Waals surface area contributed by atoms with Gasteiger partial charge in [0, 0.05) is 5.56 Å². The second-order valence-electron chi connectivity index (χ2n) is 5.99. The molecule has 144 valence electrons. The Morgan fingerprint density at radius 2 is 1.75 bits per heavy atom. The molecule has 0 radical (unpaired) electrons. The Morgan fingerprint density at radius 3 is 2.43 bits per heavy atom. The van der Waals surface area contributed by atoms with E-state index in [-0.39, 0.29) is 5.56 Å². The smallest absolute Gasteiger partial charge is 0.279 e. The number of aryl methyl sites for hydroxylation is 1. The van der Waals surface area contributed by atoms with Gasteiger partial charge in [-0.15, -0.1) is 0 Å². The summed E-state index contributed by atoms with van der Waals surface area (Å²) in [5.74, 6) is -0.902. The van der Waals surface area contributed by atoms with E-state index in [1.165, 1.54) is 31.2 Å². The van der Waals surface area contributed by atoms with Crippen molar-refractivity contribution in [3.63, 3.8) is 0 Å². The van der Waals surface area contributed by atoms with Crippen molar-refractivity contribution in [3.8, 4) is 17.0 Å². The average Bonchev–Trinajstić information content (AvgIpc) is 3.09. The number of hydrogen-bond acceptors (Lipinski definition) is 5. The van der Waals surface area contributed by atoms with E-state index >= 15 is 0 Å². The number of rotatable bonds is 5. The highest BCUT2D eigenvalue weighted by Gasteiger charge is 2.23. The first kappa shape index (κ1) is 19.1. The van der Waals surface area contributed by atoms with E-state index in [2.05, 4.69) is 16.0 Å². The maximum absolute atomic E-state index is 12.9. The molecule has 2 aromatic carbocycles. The third kappa shape index (κ3) is 4.35. The van der Waals surface area contributed by atoms with Crippen LogP contribution in [0.25, 0.3) is 11.3 Å². The van der Waals surface area contributed by atoms with Gasteiger partial charge in [0.15, 0.2) is 6.10 Å². The van der Waals surface area contributed by atoms with E-state index in [0.29, 0.717) is 22.8 Å². The molecular formula is C20H18FN3O4. The van der Waals surface area contributed by atoms with E-state index in [1.54, 1.807) is 19.1 Å². The minimum atomic E-state index is -0.914. The number of nitrogens with one attached hydrogen (secondary N) is 2. The summed E-state index contributed by atoms with van der Waals surface area (Å²) in [7, 11) is 0. The molecule has 2 N–H and O–H groups in total. The third-order valence-corrected chi connectivity index (χ3v) is 3.93. The fourth-order valence-corrected chi connectivity index (χ4v) is 2.49. The van der Waals surface area contributed by atoms with Gasteiger partial charge in [0.1, 0.15) is 28.6 Å². The van der Waals surface area contributed by atoms with Crippen LogP contribution in [0.5, 0.6) is 5.75 Å². The number of amides is 2. The second-order valence-corrected chi connectivity index (χ2v) is 5.99. The fourth-order valence-electron chi connectivity index (χ4n) is 2.49. The molecule has 1 atom stereocenters. The Bertz CT molecular complexity index is 971. The van der Waals surface area contributed by atoms with E-state index in [9.17, 15) is 14.0 Å². The molecule has 0 aliphatic rings. The minimum Gasteiger partial charge on any atom is -0.481 e. The minimum absolute atomic E-state index is 0.221. The van der Waals surface area contributed by atoms with Gasteiger partial charge in [0.25, 0.3) is 11.8 Å². The first-order valence-electron chi connectivity index (χ1n) is 8.50. The van der Waals surface area contributed by atoms with Crippen LogP contribution < -0.4 is 15.6 Å². The lowest BCUT2D eigenvalue weighted by atomic mass is 10.1. The molecule has 1 aromatic heterocycles. The Balaban J connectivity index is 1.63. The number of carbonyl (C=O) groups is 2. The van der Waals surface area contributed by atoms with E-state index in [4.69, 9.17) is 9.26 Å². The lowest BCUT2D eigenvalue weighted by Crippen LogP contribution is -2.47. The third-order valence-electron chi connectivity index (χ3n) is 3.93. The van der Waals surface area contributed by atoms with Gasteiger partial charge in [-0.1, -0.05) is 35.5 Å². The van der Waals surface area contributed by atoms with Gasteiger partial charge in [-0.25, -0.2) is 4.39 Å². The Hall–Kier alpha value is -3.68. The van der Waals surface area contributed by atoms with Gasteiger partial charge in [0.2, 0.25) is 0 Å². The number of aromatic nitrogens is 1. The number of carbonyl (C=O) groups excluding carboxylic acids is 2. The van der Waals surface area contributed by atoms with Gasteiger partial charge < -0.3 is 9.26 Å². The van der Waals surface area contributed by atoms with Crippen molar-refractivity contribution < 1.29 is 23.2 Å². The highest BCUT2D eigenvalue weighted by molar-refractivity contribution is 6.01. The first-order chi connectivity index (χ1) is 13.5. The summed E-state index contributed by atoms with van der Waals surface area (Å²) in [5.41, 5.74) is 5.94. The monoisotopic (exact) mass is 383 g/mol. The number of nitrogens with zero attached hydrogens (tertiary/aromatic N) is 1. The summed E-state index contributed by atoms with van der Waals surface area (Å²) < 4.78 is 23.5. The highest BCUT2D eigenvalue weighted by Crippen LogP contribution is 2.24. The van der Waals surface area contributed by atoms with Crippen LogP contribution in [-0.4, -0.2) is 23.1 Å². The van der Waals surface area contributed by atoms with Crippen molar-refractivity contribution in [3.05, 3.63) is 71.7 Å².